The van der Waals surface area contributed by atoms with Gasteiger partial charge in [0.05, 0.1) is 5.01 Å². The predicted molar refractivity (Wildman–Crippen MR) is 90.7 cm³/mol. The summed E-state index contributed by atoms with van der Waals surface area (Å²) in [5, 5.41) is 12.1. The molecule has 2 heterocycles. The molecule has 0 saturated carbocycles. The molecule has 2 aromatic rings. The highest BCUT2D eigenvalue weighted by Gasteiger charge is 2.25. The van der Waals surface area contributed by atoms with Crippen molar-refractivity contribution in [1.29, 1.82) is 0 Å². The second kappa shape index (κ2) is 7.30. The number of nitrogens with zero attached hydrogens (tertiary/aromatic N) is 2. The lowest BCUT2D eigenvalue weighted by Gasteiger charge is -2.28. The second-order valence-corrected chi connectivity index (χ2v) is 6.47. The maximum atomic E-state index is 10.9. The normalized spacial score (nSPS) is 15.0. The second-order valence-electron chi connectivity index (χ2n) is 5.58. The van der Waals surface area contributed by atoms with Crippen molar-refractivity contribution in [2.75, 3.05) is 13.1 Å². The van der Waals surface area contributed by atoms with Gasteiger partial charge in [-0.1, -0.05) is 36.3 Å². The van der Waals surface area contributed by atoms with Crippen LogP contribution in [0.1, 0.15) is 35.0 Å². The summed E-state index contributed by atoms with van der Waals surface area (Å²) in [6, 6.07) is 10.2. The summed E-state index contributed by atoms with van der Waals surface area (Å²) in [7, 11) is 0. The summed E-state index contributed by atoms with van der Waals surface area (Å²) in [6.07, 6.45) is 1.59. The summed E-state index contributed by atoms with van der Waals surface area (Å²) >= 11 is 1.63. The summed E-state index contributed by atoms with van der Waals surface area (Å²) in [6.45, 7) is 1.18. The molecule has 0 atom stereocenters. The standard InChI is InChI=1S/C18H18N2O2S/c21-18(22)20-11-9-15(10-12-20)17-19-16(13-23-17)8-4-7-14-5-2-1-3-6-14/h1-3,5-6,13,15H,7,9-12H2,(H,21,22). The van der Waals surface area contributed by atoms with Gasteiger partial charge in [0.1, 0.15) is 5.69 Å². The Morgan fingerprint density at radius 3 is 2.74 bits per heavy atom. The largest absolute Gasteiger partial charge is 0.465 e. The molecule has 23 heavy (non-hydrogen) atoms. The molecule has 0 aliphatic carbocycles. The van der Waals surface area contributed by atoms with Crippen molar-refractivity contribution in [3.8, 4) is 11.8 Å². The minimum absolute atomic E-state index is 0.361. The van der Waals surface area contributed by atoms with Gasteiger partial charge >= 0.3 is 6.09 Å². The van der Waals surface area contributed by atoms with Crippen molar-refractivity contribution in [3.63, 3.8) is 0 Å². The van der Waals surface area contributed by atoms with Gasteiger partial charge in [0.2, 0.25) is 0 Å². The molecule has 1 N–H and O–H groups in total. The first-order valence-corrected chi connectivity index (χ1v) is 8.56. The first kappa shape index (κ1) is 15.6. The van der Waals surface area contributed by atoms with Gasteiger partial charge in [0.25, 0.3) is 0 Å². The Kier molecular flexibility index (Phi) is 4.94. The first-order chi connectivity index (χ1) is 11.2. The number of aromatic nitrogens is 1. The number of piperidine rings is 1. The monoisotopic (exact) mass is 326 g/mol. The molecule has 0 spiro atoms. The van der Waals surface area contributed by atoms with E-state index in [2.05, 4.69) is 29.0 Å². The fraction of sp³-hybridized carbons (Fsp3) is 0.333. The van der Waals surface area contributed by atoms with Crippen LogP contribution < -0.4 is 0 Å². The van der Waals surface area contributed by atoms with Crippen LogP contribution in [0.4, 0.5) is 4.79 Å². The van der Waals surface area contributed by atoms with Gasteiger partial charge in [0, 0.05) is 30.8 Å². The van der Waals surface area contributed by atoms with Crippen LogP contribution in [0.3, 0.4) is 0 Å². The van der Waals surface area contributed by atoms with E-state index in [1.807, 2.05) is 23.6 Å². The van der Waals surface area contributed by atoms with E-state index in [-0.39, 0.29) is 0 Å². The number of carbonyl (C=O) groups is 1. The zero-order valence-electron chi connectivity index (χ0n) is 12.7. The van der Waals surface area contributed by atoms with E-state index in [4.69, 9.17) is 5.11 Å². The molecule has 1 amide bonds. The van der Waals surface area contributed by atoms with Crippen LogP contribution in [0.15, 0.2) is 35.7 Å². The van der Waals surface area contributed by atoms with E-state index >= 15 is 0 Å². The molecule has 1 aliphatic rings. The van der Waals surface area contributed by atoms with Crippen LogP contribution in [0, 0.1) is 11.8 Å². The van der Waals surface area contributed by atoms with Crippen LogP contribution in [-0.4, -0.2) is 34.2 Å². The highest BCUT2D eigenvalue weighted by molar-refractivity contribution is 7.09. The highest BCUT2D eigenvalue weighted by Crippen LogP contribution is 2.30. The molecule has 4 nitrogen and oxygen atoms in total. The van der Waals surface area contributed by atoms with E-state index in [1.165, 1.54) is 10.5 Å². The number of thiazole rings is 1. The zero-order chi connectivity index (χ0) is 16.1. The minimum Gasteiger partial charge on any atom is -0.465 e. The number of benzene rings is 1. The molecule has 118 valence electrons. The Bertz CT molecular complexity index is 722. The summed E-state index contributed by atoms with van der Waals surface area (Å²) < 4.78 is 0. The third kappa shape index (κ3) is 4.11. The summed E-state index contributed by atoms with van der Waals surface area (Å²) in [4.78, 5) is 17.0. The molecular formula is C18H18N2O2S. The Labute approximate surface area is 139 Å². The molecule has 1 aliphatic heterocycles. The lowest BCUT2D eigenvalue weighted by molar-refractivity contribution is 0.132. The van der Waals surface area contributed by atoms with E-state index in [0.717, 1.165) is 30.0 Å². The van der Waals surface area contributed by atoms with Crippen molar-refractivity contribution in [2.24, 2.45) is 0 Å². The topological polar surface area (TPSA) is 53.4 Å². The molecule has 5 heteroatoms. The van der Waals surface area contributed by atoms with Crippen molar-refractivity contribution in [3.05, 3.63) is 52.0 Å². The third-order valence-electron chi connectivity index (χ3n) is 3.99. The van der Waals surface area contributed by atoms with E-state index in [0.29, 0.717) is 19.0 Å². The van der Waals surface area contributed by atoms with E-state index < -0.39 is 6.09 Å². The molecule has 0 bridgehead atoms. The molecule has 0 radical (unpaired) electrons. The Morgan fingerprint density at radius 1 is 1.30 bits per heavy atom. The summed E-state index contributed by atoms with van der Waals surface area (Å²) in [5.41, 5.74) is 2.03. The molecule has 1 aromatic heterocycles. The number of hydrogen-bond acceptors (Lipinski definition) is 3. The smallest absolute Gasteiger partial charge is 0.407 e. The number of amides is 1. The lowest BCUT2D eigenvalue weighted by atomic mass is 9.98. The van der Waals surface area contributed by atoms with Gasteiger partial charge < -0.3 is 10.0 Å². The fourth-order valence-corrected chi connectivity index (χ4v) is 3.61. The van der Waals surface area contributed by atoms with Crippen molar-refractivity contribution < 1.29 is 9.90 Å². The highest BCUT2D eigenvalue weighted by atomic mass is 32.1. The van der Waals surface area contributed by atoms with Gasteiger partial charge in [-0.3, -0.25) is 0 Å². The van der Waals surface area contributed by atoms with E-state index in [1.54, 1.807) is 11.3 Å². The summed E-state index contributed by atoms with van der Waals surface area (Å²) in [5.74, 6) is 6.65. The molecular weight excluding hydrogens is 308 g/mol. The average Bonchev–Trinajstić information content (AvgIpc) is 3.05. The average molecular weight is 326 g/mol. The Hall–Kier alpha value is -2.32. The van der Waals surface area contributed by atoms with Crippen LogP contribution in [-0.2, 0) is 6.42 Å². The predicted octanol–water partition coefficient (Wildman–Crippen LogP) is 3.59. The molecule has 3 rings (SSSR count). The van der Waals surface area contributed by atoms with Crippen LogP contribution >= 0.6 is 11.3 Å². The number of likely N-dealkylation sites (tertiary alicyclic amines) is 1. The zero-order valence-corrected chi connectivity index (χ0v) is 13.6. The van der Waals surface area contributed by atoms with Crippen LogP contribution in [0.2, 0.25) is 0 Å². The Morgan fingerprint density at radius 2 is 2.04 bits per heavy atom. The van der Waals surface area contributed by atoms with Crippen molar-refractivity contribution in [2.45, 2.75) is 25.2 Å². The molecule has 1 fully saturated rings. The minimum atomic E-state index is -0.824. The SMILES string of the molecule is O=C(O)N1CCC(c2nc(C#CCc3ccccc3)cs2)CC1. The molecule has 1 saturated heterocycles. The quantitative estimate of drug-likeness (QED) is 0.858. The number of carboxylic acid groups (broad SMARTS) is 1. The molecule has 1 aromatic carbocycles. The maximum Gasteiger partial charge on any atom is 0.407 e. The van der Waals surface area contributed by atoms with Crippen molar-refractivity contribution >= 4 is 17.4 Å². The lowest BCUT2D eigenvalue weighted by Crippen LogP contribution is -2.36. The first-order valence-electron chi connectivity index (χ1n) is 7.68. The van der Waals surface area contributed by atoms with Gasteiger partial charge in [-0.2, -0.15) is 0 Å². The maximum absolute atomic E-state index is 10.9. The number of hydrogen-bond donors (Lipinski definition) is 1. The van der Waals surface area contributed by atoms with Gasteiger partial charge in [-0.25, -0.2) is 9.78 Å². The van der Waals surface area contributed by atoms with Crippen molar-refractivity contribution in [1.82, 2.24) is 9.88 Å². The number of rotatable bonds is 2. The molecule has 0 unspecified atom stereocenters. The third-order valence-corrected chi connectivity index (χ3v) is 5.00. The van der Waals surface area contributed by atoms with Crippen LogP contribution in [0.5, 0.6) is 0 Å². The Balaban J connectivity index is 1.58. The van der Waals surface area contributed by atoms with Gasteiger partial charge in [-0.05, 0) is 24.3 Å². The van der Waals surface area contributed by atoms with Gasteiger partial charge in [-0.15, -0.1) is 11.3 Å². The van der Waals surface area contributed by atoms with Crippen LogP contribution in [0.25, 0.3) is 0 Å². The van der Waals surface area contributed by atoms with E-state index in [9.17, 15) is 4.79 Å². The van der Waals surface area contributed by atoms with Gasteiger partial charge in [0.15, 0.2) is 0 Å². The fourth-order valence-electron chi connectivity index (χ4n) is 2.68.